The highest BCUT2D eigenvalue weighted by Gasteiger charge is 2.16. The van der Waals surface area contributed by atoms with Gasteiger partial charge in [-0.25, -0.2) is 0 Å². The highest BCUT2D eigenvalue weighted by molar-refractivity contribution is 6.30. The molecule has 1 aliphatic heterocycles. The van der Waals surface area contributed by atoms with Crippen LogP contribution < -0.4 is 5.32 Å². The molecule has 1 saturated heterocycles. The Hall–Kier alpha value is -1.84. The highest BCUT2D eigenvalue weighted by Crippen LogP contribution is 2.27. The zero-order valence-corrected chi connectivity index (χ0v) is 13.4. The van der Waals surface area contributed by atoms with Crippen molar-refractivity contribution < 1.29 is 4.79 Å². The molecule has 0 bridgehead atoms. The standard InChI is InChI=1S/C18H19ClN2O/c1-13-9-16(19)5-6-17(13)15-4-2-3-14(10-15)11-21-8-7-20-18(22)12-21/h2-6,9-10H,7-8,11-12H2,1H3,(H,20,22). The van der Waals surface area contributed by atoms with Crippen LogP contribution in [0.1, 0.15) is 11.1 Å². The van der Waals surface area contributed by atoms with Gasteiger partial charge < -0.3 is 5.32 Å². The minimum absolute atomic E-state index is 0.107. The van der Waals surface area contributed by atoms with E-state index in [0.717, 1.165) is 24.7 Å². The number of carbonyl (C=O) groups is 1. The minimum atomic E-state index is 0.107. The highest BCUT2D eigenvalue weighted by atomic mass is 35.5. The van der Waals surface area contributed by atoms with Crippen LogP contribution in [-0.4, -0.2) is 30.4 Å². The molecule has 4 heteroatoms. The maximum absolute atomic E-state index is 11.5. The van der Waals surface area contributed by atoms with Crippen molar-refractivity contribution in [3.05, 3.63) is 58.6 Å². The van der Waals surface area contributed by atoms with Crippen molar-refractivity contribution >= 4 is 17.5 Å². The van der Waals surface area contributed by atoms with Gasteiger partial charge in [-0.3, -0.25) is 9.69 Å². The summed E-state index contributed by atoms with van der Waals surface area (Å²) in [5.74, 6) is 0.107. The van der Waals surface area contributed by atoms with Crippen molar-refractivity contribution in [1.29, 1.82) is 0 Å². The Morgan fingerprint density at radius 3 is 2.86 bits per heavy atom. The lowest BCUT2D eigenvalue weighted by atomic mass is 9.99. The van der Waals surface area contributed by atoms with Gasteiger partial charge in [0.2, 0.25) is 5.91 Å². The molecule has 1 heterocycles. The molecular weight excluding hydrogens is 296 g/mol. The first-order valence-corrected chi connectivity index (χ1v) is 7.84. The van der Waals surface area contributed by atoms with E-state index in [0.29, 0.717) is 6.54 Å². The molecule has 22 heavy (non-hydrogen) atoms. The topological polar surface area (TPSA) is 32.3 Å². The van der Waals surface area contributed by atoms with Crippen molar-refractivity contribution in [2.75, 3.05) is 19.6 Å². The van der Waals surface area contributed by atoms with Crippen LogP contribution in [0.15, 0.2) is 42.5 Å². The van der Waals surface area contributed by atoms with Gasteiger partial charge >= 0.3 is 0 Å². The maximum Gasteiger partial charge on any atom is 0.234 e. The van der Waals surface area contributed by atoms with Crippen LogP contribution in [0.3, 0.4) is 0 Å². The quantitative estimate of drug-likeness (QED) is 0.943. The first kappa shape index (κ1) is 15.1. The number of carbonyl (C=O) groups excluding carboxylic acids is 1. The molecule has 0 radical (unpaired) electrons. The minimum Gasteiger partial charge on any atom is -0.354 e. The largest absolute Gasteiger partial charge is 0.354 e. The van der Waals surface area contributed by atoms with Crippen LogP contribution in [0.2, 0.25) is 5.02 Å². The molecule has 1 amide bonds. The molecular formula is C18H19ClN2O. The predicted octanol–water partition coefficient (Wildman–Crippen LogP) is 3.25. The van der Waals surface area contributed by atoms with E-state index in [-0.39, 0.29) is 5.91 Å². The maximum atomic E-state index is 11.5. The molecule has 1 N–H and O–H groups in total. The Balaban J connectivity index is 1.81. The fourth-order valence-corrected chi connectivity index (χ4v) is 3.10. The average molecular weight is 315 g/mol. The molecule has 2 aromatic carbocycles. The zero-order valence-electron chi connectivity index (χ0n) is 12.6. The summed E-state index contributed by atoms with van der Waals surface area (Å²) in [4.78, 5) is 13.6. The summed E-state index contributed by atoms with van der Waals surface area (Å²) >= 11 is 6.03. The lowest BCUT2D eigenvalue weighted by molar-refractivity contribution is -0.124. The Bertz CT molecular complexity index is 699. The Morgan fingerprint density at radius 2 is 2.09 bits per heavy atom. The second-order valence-electron chi connectivity index (χ2n) is 5.72. The smallest absolute Gasteiger partial charge is 0.234 e. The third-order valence-electron chi connectivity index (χ3n) is 3.95. The van der Waals surface area contributed by atoms with Crippen molar-refractivity contribution in [3.63, 3.8) is 0 Å². The van der Waals surface area contributed by atoms with E-state index in [9.17, 15) is 4.79 Å². The van der Waals surface area contributed by atoms with Crippen molar-refractivity contribution in [3.8, 4) is 11.1 Å². The van der Waals surface area contributed by atoms with Gasteiger partial charge in [0.05, 0.1) is 6.54 Å². The van der Waals surface area contributed by atoms with E-state index >= 15 is 0 Å². The van der Waals surface area contributed by atoms with Crippen LogP contribution in [-0.2, 0) is 11.3 Å². The molecule has 0 aromatic heterocycles. The summed E-state index contributed by atoms with van der Waals surface area (Å²) in [7, 11) is 0. The number of halogens is 1. The van der Waals surface area contributed by atoms with Crippen molar-refractivity contribution in [2.45, 2.75) is 13.5 Å². The van der Waals surface area contributed by atoms with Gasteiger partial charge in [-0.15, -0.1) is 0 Å². The van der Waals surface area contributed by atoms with E-state index in [1.54, 1.807) is 0 Å². The number of aryl methyl sites for hydroxylation is 1. The van der Waals surface area contributed by atoms with E-state index in [1.165, 1.54) is 22.3 Å². The summed E-state index contributed by atoms with van der Waals surface area (Å²) in [6.07, 6.45) is 0. The van der Waals surface area contributed by atoms with Crippen LogP contribution >= 0.6 is 11.6 Å². The second kappa shape index (κ2) is 6.51. The van der Waals surface area contributed by atoms with Gasteiger partial charge in [-0.05, 0) is 47.4 Å². The summed E-state index contributed by atoms with van der Waals surface area (Å²) in [6, 6.07) is 14.5. The van der Waals surface area contributed by atoms with E-state index in [1.807, 2.05) is 12.1 Å². The number of piperazine rings is 1. The van der Waals surface area contributed by atoms with Crippen LogP contribution in [0.25, 0.3) is 11.1 Å². The molecule has 0 saturated carbocycles. The lowest BCUT2D eigenvalue weighted by Crippen LogP contribution is -2.47. The van der Waals surface area contributed by atoms with E-state index < -0.39 is 0 Å². The van der Waals surface area contributed by atoms with E-state index in [2.05, 4.69) is 47.5 Å². The molecule has 0 atom stereocenters. The number of benzene rings is 2. The summed E-state index contributed by atoms with van der Waals surface area (Å²) in [6.45, 7) is 4.98. The molecule has 3 nitrogen and oxygen atoms in total. The molecule has 1 aliphatic rings. The number of hydrogen-bond donors (Lipinski definition) is 1. The van der Waals surface area contributed by atoms with Gasteiger partial charge in [-0.2, -0.15) is 0 Å². The monoisotopic (exact) mass is 314 g/mol. The van der Waals surface area contributed by atoms with Crippen molar-refractivity contribution in [2.24, 2.45) is 0 Å². The van der Waals surface area contributed by atoms with Crippen LogP contribution in [0.4, 0.5) is 0 Å². The average Bonchev–Trinajstić information content (AvgIpc) is 2.47. The third-order valence-corrected chi connectivity index (χ3v) is 4.19. The lowest BCUT2D eigenvalue weighted by Gasteiger charge is -2.26. The Labute approximate surface area is 135 Å². The number of amides is 1. The molecule has 0 unspecified atom stereocenters. The Kier molecular flexibility index (Phi) is 4.46. The molecule has 2 aromatic rings. The number of nitrogens with one attached hydrogen (secondary N) is 1. The fourth-order valence-electron chi connectivity index (χ4n) is 2.87. The van der Waals surface area contributed by atoms with Gasteiger partial charge in [0, 0.05) is 24.7 Å². The summed E-state index contributed by atoms with van der Waals surface area (Å²) in [5.41, 5.74) is 4.78. The molecule has 3 rings (SSSR count). The van der Waals surface area contributed by atoms with Gasteiger partial charge in [0.25, 0.3) is 0 Å². The SMILES string of the molecule is Cc1cc(Cl)ccc1-c1cccc(CN2CCNC(=O)C2)c1. The normalized spacial score (nSPS) is 15.6. The molecule has 1 fully saturated rings. The molecule has 114 valence electrons. The first-order valence-electron chi connectivity index (χ1n) is 7.46. The van der Waals surface area contributed by atoms with Gasteiger partial charge in [-0.1, -0.05) is 35.9 Å². The van der Waals surface area contributed by atoms with E-state index in [4.69, 9.17) is 11.6 Å². The van der Waals surface area contributed by atoms with Gasteiger partial charge in [0.15, 0.2) is 0 Å². The first-order chi connectivity index (χ1) is 10.6. The Morgan fingerprint density at radius 1 is 1.23 bits per heavy atom. The zero-order chi connectivity index (χ0) is 15.5. The van der Waals surface area contributed by atoms with Crippen molar-refractivity contribution in [1.82, 2.24) is 10.2 Å². The van der Waals surface area contributed by atoms with Gasteiger partial charge in [0.1, 0.15) is 0 Å². The molecule has 0 spiro atoms. The second-order valence-corrected chi connectivity index (χ2v) is 6.16. The number of hydrogen-bond acceptors (Lipinski definition) is 2. The number of rotatable bonds is 3. The summed E-state index contributed by atoms with van der Waals surface area (Å²) in [5, 5.41) is 3.62. The van der Waals surface area contributed by atoms with Crippen LogP contribution in [0.5, 0.6) is 0 Å². The number of nitrogens with zero attached hydrogens (tertiary/aromatic N) is 1. The summed E-state index contributed by atoms with van der Waals surface area (Å²) < 4.78 is 0. The predicted molar refractivity (Wildman–Crippen MR) is 89.9 cm³/mol. The third kappa shape index (κ3) is 3.49. The van der Waals surface area contributed by atoms with Crippen LogP contribution in [0, 0.1) is 6.92 Å². The molecule has 0 aliphatic carbocycles. The fraction of sp³-hybridized carbons (Fsp3) is 0.278.